The van der Waals surface area contributed by atoms with E-state index >= 15 is 0 Å². The zero-order chi connectivity index (χ0) is 17.8. The second-order valence-corrected chi connectivity index (χ2v) is 8.22. The maximum Gasteiger partial charge on any atom is 0.232 e. The van der Waals surface area contributed by atoms with Gasteiger partial charge in [0.1, 0.15) is 5.82 Å². The summed E-state index contributed by atoms with van der Waals surface area (Å²) in [6.07, 6.45) is 7.30. The largest absolute Gasteiger partial charge is 0.323 e. The molecule has 0 aliphatic heterocycles. The fraction of sp³-hybridized carbons (Fsp3) is 0.421. The monoisotopic (exact) mass is 387 g/mol. The molecular formula is C19H19Cl2N5. The number of aryl methyl sites for hydroxylation is 1. The third kappa shape index (κ3) is 2.93. The van der Waals surface area contributed by atoms with Gasteiger partial charge in [0.2, 0.25) is 5.95 Å². The minimum atomic E-state index is 0.545. The van der Waals surface area contributed by atoms with E-state index in [1.165, 1.54) is 31.2 Å². The van der Waals surface area contributed by atoms with Gasteiger partial charge in [0.05, 0.1) is 16.9 Å². The Kier molecular flexibility index (Phi) is 3.83. The molecule has 7 heteroatoms. The van der Waals surface area contributed by atoms with Crippen LogP contribution in [0, 0.1) is 18.8 Å². The quantitative estimate of drug-likeness (QED) is 0.637. The number of aromatic nitrogens is 4. The first-order valence-electron chi connectivity index (χ1n) is 9.04. The highest BCUT2D eigenvalue weighted by atomic mass is 35.5. The molecule has 2 aliphatic carbocycles. The molecule has 134 valence electrons. The predicted molar refractivity (Wildman–Crippen MR) is 103 cm³/mol. The van der Waals surface area contributed by atoms with Crippen LogP contribution in [-0.4, -0.2) is 19.6 Å². The van der Waals surface area contributed by atoms with E-state index in [9.17, 15) is 0 Å². The van der Waals surface area contributed by atoms with E-state index in [1.54, 1.807) is 16.6 Å². The molecule has 1 aromatic carbocycles. The summed E-state index contributed by atoms with van der Waals surface area (Å²) in [6.45, 7) is 1.91. The van der Waals surface area contributed by atoms with Crippen LogP contribution < -0.4 is 5.32 Å². The maximum absolute atomic E-state index is 6.31. The van der Waals surface area contributed by atoms with Gasteiger partial charge >= 0.3 is 0 Å². The molecular weight excluding hydrogens is 369 g/mol. The Labute approximate surface area is 161 Å². The highest BCUT2D eigenvalue weighted by Gasteiger charge is 2.43. The molecule has 2 fully saturated rings. The van der Waals surface area contributed by atoms with Crippen molar-refractivity contribution in [2.24, 2.45) is 11.8 Å². The Hall–Kier alpha value is -1.85. The van der Waals surface area contributed by atoms with Crippen LogP contribution in [0.5, 0.6) is 0 Å². The highest BCUT2D eigenvalue weighted by molar-refractivity contribution is 6.36. The number of nitrogens with zero attached hydrogens (tertiary/aromatic N) is 4. The molecule has 1 N–H and O–H groups in total. The van der Waals surface area contributed by atoms with Gasteiger partial charge in [-0.05, 0) is 68.6 Å². The van der Waals surface area contributed by atoms with Gasteiger partial charge in [0.25, 0.3) is 0 Å². The lowest BCUT2D eigenvalue weighted by molar-refractivity contribution is 0.540. The molecule has 5 rings (SSSR count). The van der Waals surface area contributed by atoms with Crippen molar-refractivity contribution in [2.45, 2.75) is 38.5 Å². The van der Waals surface area contributed by atoms with Crippen molar-refractivity contribution in [2.75, 3.05) is 5.32 Å². The van der Waals surface area contributed by atoms with Crippen molar-refractivity contribution in [1.29, 1.82) is 0 Å². The smallest absolute Gasteiger partial charge is 0.232 e. The van der Waals surface area contributed by atoms with E-state index in [0.29, 0.717) is 21.9 Å². The Balaban J connectivity index is 1.58. The van der Waals surface area contributed by atoms with Crippen LogP contribution in [0.15, 0.2) is 24.4 Å². The van der Waals surface area contributed by atoms with Crippen LogP contribution in [0.2, 0.25) is 10.0 Å². The van der Waals surface area contributed by atoms with Crippen molar-refractivity contribution < 1.29 is 0 Å². The lowest BCUT2D eigenvalue weighted by atomic mass is 9.91. The minimum Gasteiger partial charge on any atom is -0.323 e. The predicted octanol–water partition coefficient (Wildman–Crippen LogP) is 5.39. The molecule has 3 aromatic rings. The number of hydrogen-bond acceptors (Lipinski definition) is 4. The van der Waals surface area contributed by atoms with Crippen LogP contribution in [-0.2, 0) is 0 Å². The number of rotatable bonds is 5. The molecule has 0 saturated heterocycles. The normalized spacial score (nSPS) is 17.2. The van der Waals surface area contributed by atoms with Gasteiger partial charge in [-0.3, -0.25) is 0 Å². The van der Waals surface area contributed by atoms with Crippen molar-refractivity contribution in [1.82, 2.24) is 19.6 Å². The first kappa shape index (κ1) is 16.3. The zero-order valence-electron chi connectivity index (χ0n) is 14.4. The Morgan fingerprint density at radius 1 is 1.12 bits per heavy atom. The number of anilines is 2. The fourth-order valence-corrected chi connectivity index (χ4v) is 4.29. The Morgan fingerprint density at radius 3 is 2.50 bits per heavy atom. The number of benzene rings is 1. The second kappa shape index (κ2) is 6.10. The van der Waals surface area contributed by atoms with E-state index in [0.717, 1.165) is 29.0 Å². The minimum absolute atomic E-state index is 0.545. The van der Waals surface area contributed by atoms with Crippen LogP contribution in [0.25, 0.3) is 5.65 Å². The summed E-state index contributed by atoms with van der Waals surface area (Å²) in [7, 11) is 0. The number of hydrogen-bond donors (Lipinski definition) is 1. The van der Waals surface area contributed by atoms with E-state index < -0.39 is 0 Å². The summed E-state index contributed by atoms with van der Waals surface area (Å²) in [5.41, 5.74) is 2.92. The maximum atomic E-state index is 6.31. The summed E-state index contributed by atoms with van der Waals surface area (Å²) in [6, 6.07) is 5.35. The summed E-state index contributed by atoms with van der Waals surface area (Å²) in [5.74, 6) is 3.53. The lowest BCUT2D eigenvalue weighted by Gasteiger charge is -2.14. The van der Waals surface area contributed by atoms with Crippen LogP contribution in [0.1, 0.15) is 43.0 Å². The Morgan fingerprint density at radius 2 is 1.85 bits per heavy atom. The van der Waals surface area contributed by atoms with Gasteiger partial charge < -0.3 is 5.32 Å². The number of nitrogens with one attached hydrogen (secondary N) is 1. The zero-order valence-corrected chi connectivity index (χ0v) is 15.9. The lowest BCUT2D eigenvalue weighted by Crippen LogP contribution is -2.09. The molecule has 0 unspecified atom stereocenters. The first-order valence-corrected chi connectivity index (χ1v) is 9.80. The summed E-state index contributed by atoms with van der Waals surface area (Å²) >= 11 is 12.3. The topological polar surface area (TPSA) is 55.1 Å². The van der Waals surface area contributed by atoms with E-state index in [1.807, 2.05) is 19.2 Å². The summed E-state index contributed by atoms with van der Waals surface area (Å²) < 4.78 is 1.80. The van der Waals surface area contributed by atoms with Gasteiger partial charge in [-0.25, -0.2) is 4.98 Å². The molecule has 2 saturated carbocycles. The van der Waals surface area contributed by atoms with Gasteiger partial charge in [-0.15, -0.1) is 0 Å². The molecule has 2 aromatic heterocycles. The average molecular weight is 388 g/mol. The molecule has 2 heterocycles. The Bertz CT molecular complexity index is 979. The van der Waals surface area contributed by atoms with E-state index in [2.05, 4.69) is 15.4 Å². The molecule has 0 atom stereocenters. The third-order valence-corrected chi connectivity index (χ3v) is 5.85. The molecule has 0 amide bonds. The van der Waals surface area contributed by atoms with Crippen LogP contribution >= 0.6 is 23.2 Å². The van der Waals surface area contributed by atoms with Crippen molar-refractivity contribution in [3.05, 3.63) is 45.8 Å². The molecule has 26 heavy (non-hydrogen) atoms. The van der Waals surface area contributed by atoms with Crippen LogP contribution in [0.3, 0.4) is 0 Å². The highest BCUT2D eigenvalue weighted by Crippen LogP contribution is 2.55. The van der Waals surface area contributed by atoms with Crippen molar-refractivity contribution in [3.8, 4) is 0 Å². The molecule has 0 spiro atoms. The van der Waals surface area contributed by atoms with Gasteiger partial charge in [-0.1, -0.05) is 23.2 Å². The van der Waals surface area contributed by atoms with Crippen molar-refractivity contribution >= 4 is 40.5 Å². The molecule has 2 aliphatic rings. The SMILES string of the molecule is Cc1nc(Nc2ccc(Cl)cc2Cl)n2ncc(C(C3CC3)C3CC3)c2n1. The summed E-state index contributed by atoms with van der Waals surface area (Å²) in [4.78, 5) is 9.25. The molecule has 0 radical (unpaired) electrons. The first-order chi connectivity index (χ1) is 12.6. The molecule has 5 nitrogen and oxygen atoms in total. The van der Waals surface area contributed by atoms with Gasteiger partial charge in [0, 0.05) is 10.6 Å². The third-order valence-electron chi connectivity index (χ3n) is 5.30. The standard InChI is InChI=1S/C19H19Cl2N5/c1-10-23-18-14(17(11-2-3-11)12-4-5-12)9-22-26(18)19(24-10)25-16-7-6-13(20)8-15(16)21/h6-9,11-12,17H,2-5H2,1H3,(H,23,24,25). The second-order valence-electron chi connectivity index (χ2n) is 7.38. The van der Waals surface area contributed by atoms with Gasteiger partial charge in [0.15, 0.2) is 5.65 Å². The fourth-order valence-electron chi connectivity index (χ4n) is 3.83. The number of fused-ring (bicyclic) bond motifs is 1. The summed E-state index contributed by atoms with van der Waals surface area (Å²) in [5, 5.41) is 9.03. The molecule has 0 bridgehead atoms. The number of halogens is 2. The van der Waals surface area contributed by atoms with Crippen molar-refractivity contribution in [3.63, 3.8) is 0 Å². The van der Waals surface area contributed by atoms with E-state index in [4.69, 9.17) is 28.2 Å². The van der Waals surface area contributed by atoms with Crippen LogP contribution in [0.4, 0.5) is 11.6 Å². The average Bonchev–Trinajstić information content (AvgIpc) is 3.50. The van der Waals surface area contributed by atoms with E-state index in [-0.39, 0.29) is 0 Å². The van der Waals surface area contributed by atoms with Gasteiger partial charge in [-0.2, -0.15) is 14.6 Å².